The van der Waals surface area contributed by atoms with Gasteiger partial charge in [-0.1, -0.05) is 26.0 Å². The molecule has 0 atom stereocenters. The van der Waals surface area contributed by atoms with Crippen molar-refractivity contribution in [3.63, 3.8) is 0 Å². The molecule has 0 spiro atoms. The highest BCUT2D eigenvalue weighted by Crippen LogP contribution is 2.22. The van der Waals surface area contributed by atoms with Crippen molar-refractivity contribution in [3.8, 4) is 0 Å². The molecule has 1 aromatic heterocycles. The monoisotopic (exact) mass is 334 g/mol. The average molecular weight is 334 g/mol. The Hall–Kier alpha value is -1.95. The van der Waals surface area contributed by atoms with Crippen LogP contribution in [0.2, 0.25) is 0 Å². The van der Waals surface area contributed by atoms with E-state index in [9.17, 15) is 9.59 Å². The quantitative estimate of drug-likeness (QED) is 0.754. The van der Waals surface area contributed by atoms with E-state index in [4.69, 9.17) is 4.74 Å². The molecular formula is C17H22N2O3S. The van der Waals surface area contributed by atoms with Gasteiger partial charge in [0.15, 0.2) is 6.61 Å². The molecule has 0 radical (unpaired) electrons. The highest BCUT2D eigenvalue weighted by atomic mass is 32.1. The van der Waals surface area contributed by atoms with Crippen molar-refractivity contribution in [2.24, 2.45) is 5.92 Å². The lowest BCUT2D eigenvalue weighted by atomic mass is 10.1. The Morgan fingerprint density at radius 2 is 2.09 bits per heavy atom. The van der Waals surface area contributed by atoms with Gasteiger partial charge in [-0.15, -0.1) is 11.3 Å². The largest absolute Gasteiger partial charge is 0.456 e. The number of benzene rings is 1. The number of carbonyl (C=O) groups is 2. The van der Waals surface area contributed by atoms with Crippen LogP contribution in [0, 0.1) is 5.92 Å². The molecule has 1 amide bonds. The molecular weight excluding hydrogens is 312 g/mol. The van der Waals surface area contributed by atoms with E-state index in [0.717, 1.165) is 21.6 Å². The second-order valence-corrected chi connectivity index (χ2v) is 6.88. The van der Waals surface area contributed by atoms with Crippen molar-refractivity contribution in [2.75, 3.05) is 13.2 Å². The van der Waals surface area contributed by atoms with Gasteiger partial charge in [0.2, 0.25) is 0 Å². The summed E-state index contributed by atoms with van der Waals surface area (Å²) < 4.78 is 6.09. The molecule has 0 aliphatic rings. The van der Waals surface area contributed by atoms with Crippen LogP contribution in [0.15, 0.2) is 24.3 Å². The van der Waals surface area contributed by atoms with Gasteiger partial charge < -0.3 is 10.1 Å². The van der Waals surface area contributed by atoms with E-state index in [1.54, 1.807) is 11.3 Å². The molecule has 0 saturated heterocycles. The molecule has 124 valence electrons. The minimum atomic E-state index is -0.372. The lowest BCUT2D eigenvalue weighted by molar-refractivity contribution is -0.148. The standard InChI is InChI=1S/C17H22N2O3S/c1-12(2)9-10-18-15(20)11-22-17(21)8-7-16-19-13-5-3-4-6-14(13)23-16/h3-6,12H,7-11H2,1-2H3,(H,18,20). The topological polar surface area (TPSA) is 68.3 Å². The highest BCUT2D eigenvalue weighted by molar-refractivity contribution is 7.18. The molecule has 1 N–H and O–H groups in total. The Bertz CT molecular complexity index is 634. The van der Waals surface area contributed by atoms with Gasteiger partial charge in [0, 0.05) is 13.0 Å². The number of para-hydroxylation sites is 1. The average Bonchev–Trinajstić information content (AvgIpc) is 2.93. The molecule has 0 fully saturated rings. The van der Waals surface area contributed by atoms with E-state index in [1.807, 2.05) is 24.3 Å². The molecule has 0 bridgehead atoms. The molecule has 2 rings (SSSR count). The van der Waals surface area contributed by atoms with E-state index in [-0.39, 0.29) is 24.9 Å². The molecule has 6 heteroatoms. The van der Waals surface area contributed by atoms with Gasteiger partial charge in [0.1, 0.15) is 0 Å². The second kappa shape index (κ2) is 8.62. The molecule has 0 unspecified atom stereocenters. The third-order valence-electron chi connectivity index (χ3n) is 3.29. The van der Waals surface area contributed by atoms with Gasteiger partial charge in [0.05, 0.1) is 21.6 Å². The Kier molecular flexibility index (Phi) is 6.52. The molecule has 2 aromatic rings. The molecule has 0 aliphatic carbocycles. The zero-order valence-corrected chi connectivity index (χ0v) is 14.3. The maximum absolute atomic E-state index is 11.7. The molecule has 0 saturated carbocycles. The van der Waals surface area contributed by atoms with E-state index in [2.05, 4.69) is 24.1 Å². The zero-order valence-electron chi connectivity index (χ0n) is 13.5. The number of ether oxygens (including phenoxy) is 1. The Labute approximate surface area is 140 Å². The molecule has 1 heterocycles. The zero-order chi connectivity index (χ0) is 16.7. The number of rotatable bonds is 8. The first-order valence-electron chi connectivity index (χ1n) is 7.81. The molecule has 0 aliphatic heterocycles. The van der Waals surface area contributed by atoms with Gasteiger partial charge in [-0.25, -0.2) is 4.98 Å². The first-order chi connectivity index (χ1) is 11.0. The summed E-state index contributed by atoms with van der Waals surface area (Å²) in [4.78, 5) is 27.7. The molecule has 1 aromatic carbocycles. The fourth-order valence-electron chi connectivity index (χ4n) is 2.01. The maximum Gasteiger partial charge on any atom is 0.306 e. The van der Waals surface area contributed by atoms with Crippen molar-refractivity contribution in [1.82, 2.24) is 10.3 Å². The molecule has 5 nitrogen and oxygen atoms in total. The number of hydrogen-bond acceptors (Lipinski definition) is 5. The normalized spacial score (nSPS) is 10.9. The number of thiazole rings is 1. The minimum absolute atomic E-state index is 0.212. The van der Waals surface area contributed by atoms with Gasteiger partial charge in [-0.2, -0.15) is 0 Å². The number of amides is 1. The third-order valence-corrected chi connectivity index (χ3v) is 4.39. The summed E-state index contributed by atoms with van der Waals surface area (Å²) >= 11 is 1.58. The highest BCUT2D eigenvalue weighted by Gasteiger charge is 2.10. The Morgan fingerprint density at radius 1 is 1.30 bits per heavy atom. The van der Waals surface area contributed by atoms with E-state index >= 15 is 0 Å². The number of nitrogens with zero attached hydrogens (tertiary/aromatic N) is 1. The fraction of sp³-hybridized carbons (Fsp3) is 0.471. The summed E-state index contributed by atoms with van der Waals surface area (Å²) in [5.74, 6) is -0.0890. The number of carbonyl (C=O) groups excluding carboxylic acids is 2. The van der Waals surface area contributed by atoms with Crippen LogP contribution in [0.3, 0.4) is 0 Å². The van der Waals surface area contributed by atoms with E-state index < -0.39 is 0 Å². The van der Waals surface area contributed by atoms with E-state index in [1.165, 1.54) is 0 Å². The summed E-state index contributed by atoms with van der Waals surface area (Å²) in [5, 5.41) is 3.64. The fourth-order valence-corrected chi connectivity index (χ4v) is 2.97. The number of fused-ring (bicyclic) bond motifs is 1. The van der Waals surface area contributed by atoms with Gasteiger partial charge in [-0.3, -0.25) is 9.59 Å². The summed E-state index contributed by atoms with van der Waals surface area (Å²) in [6.07, 6.45) is 1.68. The Balaban J connectivity index is 1.67. The summed E-state index contributed by atoms with van der Waals surface area (Å²) in [7, 11) is 0. The van der Waals surface area contributed by atoms with Crippen LogP contribution in [0.4, 0.5) is 0 Å². The van der Waals surface area contributed by atoms with Crippen LogP contribution in [-0.2, 0) is 20.7 Å². The van der Waals surface area contributed by atoms with Crippen LogP contribution in [0.5, 0.6) is 0 Å². The van der Waals surface area contributed by atoms with Gasteiger partial charge >= 0.3 is 5.97 Å². The summed E-state index contributed by atoms with van der Waals surface area (Å²) in [6, 6.07) is 7.87. The van der Waals surface area contributed by atoms with Crippen molar-refractivity contribution in [1.29, 1.82) is 0 Å². The predicted molar refractivity (Wildman–Crippen MR) is 91.4 cm³/mol. The number of aryl methyl sites for hydroxylation is 1. The summed E-state index contributed by atoms with van der Waals surface area (Å²) in [6.45, 7) is 4.58. The van der Waals surface area contributed by atoms with Crippen LogP contribution >= 0.6 is 11.3 Å². The third kappa shape index (κ3) is 5.98. The van der Waals surface area contributed by atoms with Crippen LogP contribution < -0.4 is 5.32 Å². The first kappa shape index (κ1) is 17.4. The number of aromatic nitrogens is 1. The number of nitrogens with one attached hydrogen (secondary N) is 1. The first-order valence-corrected chi connectivity index (χ1v) is 8.63. The Morgan fingerprint density at radius 3 is 2.83 bits per heavy atom. The van der Waals surface area contributed by atoms with Crippen molar-refractivity contribution in [3.05, 3.63) is 29.3 Å². The maximum atomic E-state index is 11.7. The van der Waals surface area contributed by atoms with Gasteiger partial charge in [0.25, 0.3) is 5.91 Å². The smallest absolute Gasteiger partial charge is 0.306 e. The molecule has 23 heavy (non-hydrogen) atoms. The van der Waals surface area contributed by atoms with Crippen molar-refractivity contribution >= 4 is 33.4 Å². The van der Waals surface area contributed by atoms with Crippen LogP contribution in [0.1, 0.15) is 31.7 Å². The predicted octanol–water partition coefficient (Wildman–Crippen LogP) is 2.93. The van der Waals surface area contributed by atoms with Crippen LogP contribution in [0.25, 0.3) is 10.2 Å². The summed E-state index contributed by atoms with van der Waals surface area (Å²) in [5.41, 5.74) is 0.949. The minimum Gasteiger partial charge on any atom is -0.456 e. The number of hydrogen-bond donors (Lipinski definition) is 1. The second-order valence-electron chi connectivity index (χ2n) is 5.77. The van der Waals surface area contributed by atoms with Gasteiger partial charge in [-0.05, 0) is 24.5 Å². The number of esters is 1. The lowest BCUT2D eigenvalue weighted by Gasteiger charge is -2.07. The SMILES string of the molecule is CC(C)CCNC(=O)COC(=O)CCc1nc2ccccc2s1. The van der Waals surface area contributed by atoms with E-state index in [0.29, 0.717) is 18.9 Å². The van der Waals surface area contributed by atoms with Crippen LogP contribution in [-0.4, -0.2) is 30.0 Å². The lowest BCUT2D eigenvalue weighted by Crippen LogP contribution is -2.30. The van der Waals surface area contributed by atoms with Crippen molar-refractivity contribution in [2.45, 2.75) is 33.1 Å². The van der Waals surface area contributed by atoms with Crippen molar-refractivity contribution < 1.29 is 14.3 Å².